The lowest BCUT2D eigenvalue weighted by Crippen LogP contribution is -2.16. The lowest BCUT2D eigenvalue weighted by atomic mass is 10.4. The topological polar surface area (TPSA) is 161 Å². The third-order valence-electron chi connectivity index (χ3n) is 5.60. The summed E-state index contributed by atoms with van der Waals surface area (Å²) in [5.74, 6) is 0. The molecule has 0 saturated carbocycles. The van der Waals surface area contributed by atoms with Crippen LogP contribution in [0.1, 0.15) is 0 Å². The molecule has 0 amide bonds. The molecule has 2 aromatic rings. The van der Waals surface area contributed by atoms with E-state index in [1.807, 2.05) is 0 Å². The van der Waals surface area contributed by atoms with Crippen LogP contribution in [0.25, 0.3) is 0 Å². The maximum Gasteiger partial charge on any atom is 0.297 e. The zero-order chi connectivity index (χ0) is 33.0. The Morgan fingerprint density at radius 3 is 0.717 bits per heavy atom. The molecule has 0 unspecified atom stereocenters. The molecule has 0 saturated heterocycles. The van der Waals surface area contributed by atoms with Crippen molar-refractivity contribution in [1.82, 2.24) is 0 Å². The van der Waals surface area contributed by atoms with Gasteiger partial charge in [-0.15, -0.1) is 0 Å². The van der Waals surface area contributed by atoms with E-state index >= 15 is 0 Å². The Kier molecular flexibility index (Phi) is 22.6. The van der Waals surface area contributed by atoms with Crippen molar-refractivity contribution >= 4 is 20.2 Å². The second kappa shape index (κ2) is 26.0. The first-order chi connectivity index (χ1) is 22.4. The molecule has 0 radical (unpaired) electrons. The number of hydrogen-bond donors (Lipinski definition) is 0. The normalized spacial score (nSPS) is 12.1. The van der Waals surface area contributed by atoms with Crippen molar-refractivity contribution in [2.45, 2.75) is 9.79 Å². The summed E-state index contributed by atoms with van der Waals surface area (Å²) >= 11 is 0. The minimum Gasteiger partial charge on any atom is -0.377 e. The van der Waals surface area contributed by atoms with Crippen LogP contribution in [0.5, 0.6) is 0 Å². The molecule has 2 aromatic carbocycles. The molecule has 2 rings (SSSR count). The predicted molar refractivity (Wildman–Crippen MR) is 166 cm³/mol. The highest BCUT2D eigenvalue weighted by atomic mass is 32.2. The third kappa shape index (κ3) is 20.2. The molecule has 0 atom stereocenters. The molecule has 0 aliphatic rings. The van der Waals surface area contributed by atoms with Crippen LogP contribution in [0, 0.1) is 0 Å². The Bertz CT molecular complexity index is 1100. The summed E-state index contributed by atoms with van der Waals surface area (Å²) in [6.07, 6.45) is 0. The molecular weight excluding hydrogens is 648 g/mol. The third-order valence-corrected chi connectivity index (χ3v) is 8.25. The molecule has 46 heavy (non-hydrogen) atoms. The van der Waals surface area contributed by atoms with Gasteiger partial charge in [0.25, 0.3) is 20.2 Å². The van der Waals surface area contributed by atoms with Gasteiger partial charge in [0, 0.05) is 0 Å². The van der Waals surface area contributed by atoms with Gasteiger partial charge in [-0.1, -0.05) is 36.4 Å². The lowest BCUT2D eigenvalue weighted by molar-refractivity contribution is -0.0240. The van der Waals surface area contributed by atoms with Crippen LogP contribution in [-0.2, 0) is 66.5 Å². The maximum atomic E-state index is 12.0. The van der Waals surface area contributed by atoms with Crippen molar-refractivity contribution in [2.24, 2.45) is 0 Å². The number of hydrogen-bond acceptors (Lipinski definition) is 14. The molecule has 0 fully saturated rings. The summed E-state index contributed by atoms with van der Waals surface area (Å²) in [7, 11) is -7.53. The fourth-order valence-corrected chi connectivity index (χ4v) is 5.19. The first-order valence-electron chi connectivity index (χ1n) is 14.9. The number of ether oxygens (including phenoxy) is 8. The molecular formula is C30H46O14S2. The van der Waals surface area contributed by atoms with Crippen molar-refractivity contribution < 1.29 is 63.1 Å². The second-order valence-electron chi connectivity index (χ2n) is 9.08. The van der Waals surface area contributed by atoms with Gasteiger partial charge in [-0.3, -0.25) is 8.37 Å². The zero-order valence-corrected chi connectivity index (χ0v) is 27.7. The zero-order valence-electron chi connectivity index (χ0n) is 26.0. The quantitative estimate of drug-likeness (QED) is 0.0832. The second-order valence-corrected chi connectivity index (χ2v) is 12.3. The Morgan fingerprint density at radius 2 is 0.500 bits per heavy atom. The average Bonchev–Trinajstić information content (AvgIpc) is 3.06. The minimum absolute atomic E-state index is 0.0684. The number of rotatable bonds is 31. The van der Waals surface area contributed by atoms with Gasteiger partial charge in [0.1, 0.15) is 0 Å². The van der Waals surface area contributed by atoms with Crippen LogP contribution in [0.15, 0.2) is 70.5 Å². The van der Waals surface area contributed by atoms with Gasteiger partial charge in [-0.25, -0.2) is 0 Å². The molecule has 0 spiro atoms. The smallest absolute Gasteiger partial charge is 0.297 e. The molecule has 0 heterocycles. The summed E-state index contributed by atoms with van der Waals surface area (Å²) in [6, 6.07) is 15.9. The minimum atomic E-state index is -3.77. The van der Waals surface area contributed by atoms with Crippen molar-refractivity contribution in [1.29, 1.82) is 0 Å². The van der Waals surface area contributed by atoms with E-state index in [0.717, 1.165) is 0 Å². The summed E-state index contributed by atoms with van der Waals surface area (Å²) in [5, 5.41) is 0. The van der Waals surface area contributed by atoms with E-state index in [0.29, 0.717) is 92.5 Å². The monoisotopic (exact) mass is 694 g/mol. The highest BCUT2D eigenvalue weighted by Crippen LogP contribution is 2.11. The van der Waals surface area contributed by atoms with Crippen LogP contribution >= 0.6 is 0 Å². The SMILES string of the molecule is O=S(=O)(OCCOCCOCCOCCOCCOCCOCCOCCOCCOS(=O)(=O)c1ccccc1)c1ccccc1. The highest BCUT2D eigenvalue weighted by molar-refractivity contribution is 7.87. The van der Waals surface area contributed by atoms with Crippen molar-refractivity contribution in [3.05, 3.63) is 60.7 Å². The predicted octanol–water partition coefficient (Wildman–Crippen LogP) is 1.93. The van der Waals surface area contributed by atoms with Crippen molar-refractivity contribution in [3.8, 4) is 0 Å². The van der Waals surface area contributed by atoms with E-state index < -0.39 is 20.2 Å². The molecule has 0 aliphatic carbocycles. The highest BCUT2D eigenvalue weighted by Gasteiger charge is 2.14. The molecule has 0 N–H and O–H groups in total. The number of benzene rings is 2. The van der Waals surface area contributed by atoms with Gasteiger partial charge in [0.15, 0.2) is 0 Å². The summed E-state index contributed by atoms with van der Waals surface area (Å²) in [4.78, 5) is 0.225. The Morgan fingerprint density at radius 1 is 0.304 bits per heavy atom. The van der Waals surface area contributed by atoms with Gasteiger partial charge >= 0.3 is 0 Å². The van der Waals surface area contributed by atoms with Gasteiger partial charge in [-0.05, 0) is 24.3 Å². The van der Waals surface area contributed by atoms with Crippen LogP contribution < -0.4 is 0 Å². The van der Waals surface area contributed by atoms with E-state index in [1.165, 1.54) is 24.3 Å². The lowest BCUT2D eigenvalue weighted by Gasteiger charge is -2.09. The Balaban J connectivity index is 1.21. The first kappa shape index (κ1) is 40.1. The van der Waals surface area contributed by atoms with Crippen LogP contribution in [-0.4, -0.2) is 136 Å². The maximum absolute atomic E-state index is 12.0. The molecule has 16 heteroatoms. The van der Waals surface area contributed by atoms with Gasteiger partial charge in [0.2, 0.25) is 0 Å². The molecule has 262 valence electrons. The van der Waals surface area contributed by atoms with Crippen molar-refractivity contribution in [3.63, 3.8) is 0 Å². The van der Waals surface area contributed by atoms with Crippen LogP contribution in [0.4, 0.5) is 0 Å². The van der Waals surface area contributed by atoms with Gasteiger partial charge in [-0.2, -0.15) is 16.8 Å². The van der Waals surface area contributed by atoms with E-state index in [-0.39, 0.29) is 36.2 Å². The fraction of sp³-hybridized carbons (Fsp3) is 0.600. The summed E-state index contributed by atoms with van der Waals surface area (Å²) in [5.41, 5.74) is 0. The molecule has 14 nitrogen and oxygen atoms in total. The van der Waals surface area contributed by atoms with Crippen molar-refractivity contribution in [2.75, 3.05) is 119 Å². The van der Waals surface area contributed by atoms with Gasteiger partial charge in [0.05, 0.1) is 129 Å². The van der Waals surface area contributed by atoms with E-state index in [4.69, 9.17) is 46.3 Å². The standard InChI is InChI=1S/C30H46O14S2/c31-45(32,29-7-3-1-4-8-29)43-27-25-41-23-21-39-19-17-37-15-13-35-11-12-36-14-16-38-18-20-40-22-24-42-26-28-44-46(33,34)30-9-5-2-6-10-30/h1-10H,11-28H2. The molecule has 0 aliphatic heterocycles. The Hall–Kier alpha value is -2.06. The average molecular weight is 695 g/mol. The van der Waals surface area contributed by atoms with E-state index in [9.17, 15) is 16.8 Å². The van der Waals surface area contributed by atoms with Gasteiger partial charge < -0.3 is 37.9 Å². The van der Waals surface area contributed by atoms with E-state index in [1.54, 1.807) is 36.4 Å². The first-order valence-corrected chi connectivity index (χ1v) is 17.7. The van der Waals surface area contributed by atoms with Crippen LogP contribution in [0.2, 0.25) is 0 Å². The summed E-state index contributed by atoms with van der Waals surface area (Å²) in [6.45, 7) is 5.78. The van der Waals surface area contributed by atoms with Crippen LogP contribution in [0.3, 0.4) is 0 Å². The van der Waals surface area contributed by atoms with E-state index in [2.05, 4.69) is 0 Å². The summed E-state index contributed by atoms with van der Waals surface area (Å²) < 4.78 is 101. The Labute approximate surface area is 272 Å². The fourth-order valence-electron chi connectivity index (χ4n) is 3.36. The largest absolute Gasteiger partial charge is 0.377 e. The molecule has 0 bridgehead atoms. The molecule has 0 aromatic heterocycles.